The maximum Gasteiger partial charge on any atom is 0.261 e. The van der Waals surface area contributed by atoms with Gasteiger partial charge in [-0.25, -0.2) is 9.97 Å². The standard InChI is InChI=1S/C21H16N4O3S/c26-19(10-25-12-22-16-4-2-1-3-15(16)20(25)27)24-21-23-17(11-29-21)13-5-6-18-14(9-13)7-8-28-18/h1-6,9,11-12H,7-8,10H2,(H,23,24,26). The van der Waals surface area contributed by atoms with Crippen molar-refractivity contribution >= 4 is 33.3 Å². The molecule has 1 aliphatic rings. The molecule has 0 spiro atoms. The Labute approximate surface area is 169 Å². The van der Waals surface area contributed by atoms with Gasteiger partial charge in [-0.2, -0.15) is 0 Å². The highest BCUT2D eigenvalue weighted by atomic mass is 32.1. The SMILES string of the molecule is O=C(Cn1cnc2ccccc2c1=O)Nc1nc(-c2ccc3c(c2)CCO3)cs1. The molecular weight excluding hydrogens is 388 g/mol. The number of rotatable bonds is 4. The highest BCUT2D eigenvalue weighted by Gasteiger charge is 2.15. The number of nitrogens with zero attached hydrogens (tertiary/aromatic N) is 3. The van der Waals surface area contributed by atoms with Crippen molar-refractivity contribution in [3.63, 3.8) is 0 Å². The third kappa shape index (κ3) is 3.38. The average molecular weight is 404 g/mol. The molecule has 4 aromatic rings. The van der Waals surface area contributed by atoms with Crippen molar-refractivity contribution in [3.8, 4) is 17.0 Å². The molecule has 144 valence electrons. The largest absolute Gasteiger partial charge is 0.493 e. The van der Waals surface area contributed by atoms with Crippen LogP contribution in [0.3, 0.4) is 0 Å². The predicted molar refractivity (Wildman–Crippen MR) is 111 cm³/mol. The van der Waals surface area contributed by atoms with E-state index < -0.39 is 0 Å². The molecule has 1 N–H and O–H groups in total. The summed E-state index contributed by atoms with van der Waals surface area (Å²) in [4.78, 5) is 33.7. The minimum atomic E-state index is -0.326. The zero-order valence-corrected chi connectivity index (χ0v) is 16.1. The minimum absolute atomic E-state index is 0.123. The fraction of sp³-hybridized carbons (Fsp3) is 0.143. The monoisotopic (exact) mass is 404 g/mol. The summed E-state index contributed by atoms with van der Waals surface area (Å²) in [6, 6.07) is 13.1. The second-order valence-electron chi connectivity index (χ2n) is 6.70. The molecule has 0 atom stereocenters. The molecule has 0 unspecified atom stereocenters. The van der Waals surface area contributed by atoms with E-state index in [1.165, 1.54) is 27.8 Å². The van der Waals surface area contributed by atoms with Gasteiger partial charge >= 0.3 is 0 Å². The molecule has 0 radical (unpaired) electrons. The van der Waals surface area contributed by atoms with Crippen molar-refractivity contribution in [2.45, 2.75) is 13.0 Å². The van der Waals surface area contributed by atoms with Crippen LogP contribution in [-0.2, 0) is 17.8 Å². The summed E-state index contributed by atoms with van der Waals surface area (Å²) in [6.45, 7) is 0.585. The van der Waals surface area contributed by atoms with Crippen LogP contribution >= 0.6 is 11.3 Å². The number of nitrogens with one attached hydrogen (secondary N) is 1. The molecule has 7 nitrogen and oxygen atoms in total. The zero-order chi connectivity index (χ0) is 19.8. The summed E-state index contributed by atoms with van der Waals surface area (Å²) >= 11 is 1.35. The number of anilines is 1. The van der Waals surface area contributed by atoms with E-state index in [4.69, 9.17) is 4.74 Å². The minimum Gasteiger partial charge on any atom is -0.493 e. The number of carbonyl (C=O) groups is 1. The van der Waals surface area contributed by atoms with E-state index in [9.17, 15) is 9.59 Å². The van der Waals surface area contributed by atoms with Crippen LogP contribution in [0, 0.1) is 0 Å². The Morgan fingerprint density at radius 1 is 1.24 bits per heavy atom. The van der Waals surface area contributed by atoms with E-state index in [0.717, 1.165) is 23.4 Å². The molecule has 8 heteroatoms. The van der Waals surface area contributed by atoms with Gasteiger partial charge in [-0.1, -0.05) is 12.1 Å². The van der Waals surface area contributed by atoms with Gasteiger partial charge in [0.2, 0.25) is 5.91 Å². The van der Waals surface area contributed by atoms with Crippen LogP contribution in [0.25, 0.3) is 22.2 Å². The number of hydrogen-bond donors (Lipinski definition) is 1. The number of benzene rings is 2. The Bertz CT molecular complexity index is 1290. The number of ether oxygens (including phenoxy) is 1. The second-order valence-corrected chi connectivity index (χ2v) is 7.56. The number of carbonyl (C=O) groups excluding carboxylic acids is 1. The molecule has 1 amide bonds. The lowest BCUT2D eigenvalue weighted by Gasteiger charge is -2.06. The van der Waals surface area contributed by atoms with E-state index in [1.807, 2.05) is 23.6 Å². The van der Waals surface area contributed by atoms with Crippen molar-refractivity contribution < 1.29 is 9.53 Å². The molecule has 0 bridgehead atoms. The summed E-state index contributed by atoms with van der Waals surface area (Å²) in [6.07, 6.45) is 2.29. The smallest absolute Gasteiger partial charge is 0.261 e. The Hall–Kier alpha value is -3.52. The van der Waals surface area contributed by atoms with E-state index in [1.54, 1.807) is 18.2 Å². The van der Waals surface area contributed by atoms with Crippen molar-refractivity contribution in [1.82, 2.24) is 14.5 Å². The molecule has 29 heavy (non-hydrogen) atoms. The molecule has 3 heterocycles. The quantitative estimate of drug-likeness (QED) is 0.565. The maximum atomic E-state index is 12.5. The van der Waals surface area contributed by atoms with Crippen LogP contribution in [0.4, 0.5) is 5.13 Å². The molecule has 1 aliphatic heterocycles. The van der Waals surface area contributed by atoms with Crippen LogP contribution in [-0.4, -0.2) is 27.0 Å². The van der Waals surface area contributed by atoms with Crippen LogP contribution in [0.1, 0.15) is 5.56 Å². The lowest BCUT2D eigenvalue weighted by Crippen LogP contribution is -2.27. The van der Waals surface area contributed by atoms with Crippen LogP contribution in [0.15, 0.2) is 59.0 Å². The maximum absolute atomic E-state index is 12.5. The van der Waals surface area contributed by atoms with Gasteiger partial charge in [0.25, 0.3) is 5.56 Å². The second kappa shape index (κ2) is 7.14. The van der Waals surface area contributed by atoms with Crippen LogP contribution in [0.2, 0.25) is 0 Å². The molecule has 2 aromatic heterocycles. The fourth-order valence-corrected chi connectivity index (χ4v) is 4.08. The van der Waals surface area contributed by atoms with Crippen LogP contribution in [0.5, 0.6) is 5.75 Å². The number of fused-ring (bicyclic) bond motifs is 2. The Morgan fingerprint density at radius 2 is 2.14 bits per heavy atom. The molecular formula is C21H16N4O3S. The first-order valence-electron chi connectivity index (χ1n) is 9.13. The van der Waals surface area contributed by atoms with Gasteiger partial charge in [0, 0.05) is 17.4 Å². The van der Waals surface area contributed by atoms with Crippen molar-refractivity contribution in [3.05, 3.63) is 70.1 Å². The lowest BCUT2D eigenvalue weighted by atomic mass is 10.1. The highest BCUT2D eigenvalue weighted by molar-refractivity contribution is 7.14. The summed E-state index contributed by atoms with van der Waals surface area (Å²) in [7, 11) is 0. The number of hydrogen-bond acceptors (Lipinski definition) is 6. The topological polar surface area (TPSA) is 86.1 Å². The first-order chi connectivity index (χ1) is 14.2. The molecule has 0 fully saturated rings. The van der Waals surface area contributed by atoms with Crippen molar-refractivity contribution in [1.29, 1.82) is 0 Å². The van der Waals surface area contributed by atoms with E-state index >= 15 is 0 Å². The van der Waals surface area contributed by atoms with Gasteiger partial charge < -0.3 is 10.1 Å². The molecule has 2 aromatic carbocycles. The molecule has 0 aliphatic carbocycles. The van der Waals surface area contributed by atoms with Gasteiger partial charge in [-0.15, -0.1) is 11.3 Å². The van der Waals surface area contributed by atoms with Crippen molar-refractivity contribution in [2.24, 2.45) is 0 Å². The average Bonchev–Trinajstić information content (AvgIpc) is 3.39. The molecule has 0 saturated heterocycles. The van der Waals surface area contributed by atoms with Gasteiger partial charge in [-0.3, -0.25) is 14.2 Å². The number of para-hydroxylation sites is 1. The number of aromatic nitrogens is 3. The predicted octanol–water partition coefficient (Wildman–Crippen LogP) is 3.09. The third-order valence-corrected chi connectivity index (χ3v) is 5.54. The number of amides is 1. The summed E-state index contributed by atoms with van der Waals surface area (Å²) < 4.78 is 6.83. The molecule has 0 saturated carbocycles. The molecule has 5 rings (SSSR count). The Kier molecular flexibility index (Phi) is 4.33. The summed E-state index contributed by atoms with van der Waals surface area (Å²) in [5, 5.41) is 5.64. The zero-order valence-electron chi connectivity index (χ0n) is 15.3. The number of thiazole rings is 1. The summed E-state index contributed by atoms with van der Waals surface area (Å²) in [5.41, 5.74) is 3.32. The normalized spacial score (nSPS) is 12.6. The van der Waals surface area contributed by atoms with Crippen LogP contribution < -0.4 is 15.6 Å². The first kappa shape index (κ1) is 17.6. The van der Waals surface area contributed by atoms with Gasteiger partial charge in [-0.05, 0) is 35.9 Å². The lowest BCUT2D eigenvalue weighted by molar-refractivity contribution is -0.116. The van der Waals surface area contributed by atoms with Gasteiger partial charge in [0.1, 0.15) is 12.3 Å². The fourth-order valence-electron chi connectivity index (χ4n) is 3.34. The van der Waals surface area contributed by atoms with E-state index in [0.29, 0.717) is 22.6 Å². The Morgan fingerprint density at radius 3 is 3.07 bits per heavy atom. The Balaban J connectivity index is 1.32. The van der Waals surface area contributed by atoms with Crippen molar-refractivity contribution in [2.75, 3.05) is 11.9 Å². The van der Waals surface area contributed by atoms with E-state index in [2.05, 4.69) is 21.4 Å². The van der Waals surface area contributed by atoms with Gasteiger partial charge in [0.05, 0.1) is 29.5 Å². The van der Waals surface area contributed by atoms with Gasteiger partial charge in [0.15, 0.2) is 5.13 Å². The highest BCUT2D eigenvalue weighted by Crippen LogP contribution is 2.31. The third-order valence-electron chi connectivity index (χ3n) is 4.78. The summed E-state index contributed by atoms with van der Waals surface area (Å²) in [5.74, 6) is 0.597. The first-order valence-corrected chi connectivity index (χ1v) is 10.0. The van der Waals surface area contributed by atoms with E-state index in [-0.39, 0.29) is 18.0 Å².